The second-order valence-corrected chi connectivity index (χ2v) is 6.67. The molecule has 120 valence electrons. The number of aromatic nitrogens is 4. The molecule has 4 rings (SSSR count). The highest BCUT2D eigenvalue weighted by Crippen LogP contribution is 2.21. The number of hydrogen-bond acceptors (Lipinski definition) is 5. The Kier molecular flexibility index (Phi) is 4.32. The first kappa shape index (κ1) is 15.4. The van der Waals surface area contributed by atoms with Gasteiger partial charge in [-0.3, -0.25) is 9.88 Å². The zero-order chi connectivity index (χ0) is 16.4. The van der Waals surface area contributed by atoms with Crippen molar-refractivity contribution in [3.63, 3.8) is 0 Å². The van der Waals surface area contributed by atoms with Gasteiger partial charge >= 0.3 is 0 Å². The van der Waals surface area contributed by atoms with Crippen LogP contribution >= 0.6 is 15.9 Å². The molecule has 0 saturated carbocycles. The van der Waals surface area contributed by atoms with Crippen LogP contribution in [0.2, 0.25) is 0 Å². The van der Waals surface area contributed by atoms with Gasteiger partial charge in [-0.1, -0.05) is 6.07 Å². The van der Waals surface area contributed by atoms with Gasteiger partial charge in [0.2, 0.25) is 0 Å². The molecule has 0 unspecified atom stereocenters. The highest BCUT2D eigenvalue weighted by molar-refractivity contribution is 9.10. The SMILES string of the molecule is Brc1ccc(CN2CCc3nc(-c4cccnc4)ncc3C2)cn1. The molecule has 0 atom stereocenters. The van der Waals surface area contributed by atoms with E-state index in [2.05, 4.69) is 41.8 Å². The molecule has 1 aliphatic heterocycles. The first-order chi connectivity index (χ1) is 11.8. The largest absolute Gasteiger partial charge is 0.294 e. The molecule has 0 N–H and O–H groups in total. The van der Waals surface area contributed by atoms with Crippen molar-refractivity contribution in [1.82, 2.24) is 24.8 Å². The van der Waals surface area contributed by atoms with E-state index in [1.54, 1.807) is 12.4 Å². The summed E-state index contributed by atoms with van der Waals surface area (Å²) in [5.74, 6) is 0.757. The van der Waals surface area contributed by atoms with Gasteiger partial charge in [-0.05, 0) is 39.7 Å². The lowest BCUT2D eigenvalue weighted by atomic mass is 10.1. The van der Waals surface area contributed by atoms with Crippen LogP contribution in [0.3, 0.4) is 0 Å². The minimum absolute atomic E-state index is 0.757. The number of halogens is 1. The van der Waals surface area contributed by atoms with Crippen molar-refractivity contribution in [3.8, 4) is 11.4 Å². The van der Waals surface area contributed by atoms with Crippen LogP contribution < -0.4 is 0 Å². The minimum atomic E-state index is 0.757. The molecule has 1 aliphatic rings. The molecule has 3 aromatic heterocycles. The van der Waals surface area contributed by atoms with Crippen molar-refractivity contribution in [1.29, 1.82) is 0 Å². The molecule has 0 saturated heterocycles. The molecule has 0 radical (unpaired) electrons. The molecule has 0 spiro atoms. The van der Waals surface area contributed by atoms with Crippen molar-refractivity contribution in [2.45, 2.75) is 19.5 Å². The summed E-state index contributed by atoms with van der Waals surface area (Å²) >= 11 is 3.37. The first-order valence-corrected chi connectivity index (χ1v) is 8.65. The molecule has 24 heavy (non-hydrogen) atoms. The highest BCUT2D eigenvalue weighted by Gasteiger charge is 2.19. The third-order valence-electron chi connectivity index (χ3n) is 4.13. The Morgan fingerprint density at radius 1 is 1.08 bits per heavy atom. The van der Waals surface area contributed by atoms with Gasteiger partial charge in [-0.2, -0.15) is 0 Å². The van der Waals surface area contributed by atoms with Crippen molar-refractivity contribution in [3.05, 3.63) is 70.5 Å². The van der Waals surface area contributed by atoms with E-state index in [0.29, 0.717) is 0 Å². The number of fused-ring (bicyclic) bond motifs is 1. The van der Waals surface area contributed by atoms with Crippen molar-refractivity contribution in [2.75, 3.05) is 6.54 Å². The van der Waals surface area contributed by atoms with Crippen LogP contribution in [0.1, 0.15) is 16.8 Å². The van der Waals surface area contributed by atoms with Gasteiger partial charge in [-0.25, -0.2) is 15.0 Å². The summed E-state index contributed by atoms with van der Waals surface area (Å²) < 4.78 is 0.867. The van der Waals surface area contributed by atoms with Gasteiger partial charge in [0.1, 0.15) is 4.60 Å². The quantitative estimate of drug-likeness (QED) is 0.651. The maximum absolute atomic E-state index is 4.74. The minimum Gasteiger partial charge on any atom is -0.294 e. The number of hydrogen-bond donors (Lipinski definition) is 0. The molecule has 6 heteroatoms. The standard InChI is InChI=1S/C18H16BrN5/c19-17-4-3-13(8-21-17)11-24-7-5-16-15(12-24)10-22-18(23-16)14-2-1-6-20-9-14/h1-4,6,8-10H,5,7,11-12H2. The second kappa shape index (κ2) is 6.75. The molecule has 3 aromatic rings. The van der Waals surface area contributed by atoms with Crippen molar-refractivity contribution < 1.29 is 0 Å². The van der Waals surface area contributed by atoms with Crippen LogP contribution in [0.4, 0.5) is 0 Å². The van der Waals surface area contributed by atoms with E-state index < -0.39 is 0 Å². The Labute approximate surface area is 149 Å². The van der Waals surface area contributed by atoms with Gasteiger partial charge < -0.3 is 0 Å². The number of nitrogens with zero attached hydrogens (tertiary/aromatic N) is 5. The van der Waals surface area contributed by atoms with Crippen molar-refractivity contribution >= 4 is 15.9 Å². The predicted octanol–water partition coefficient (Wildman–Crippen LogP) is 3.25. The maximum Gasteiger partial charge on any atom is 0.160 e. The third kappa shape index (κ3) is 3.34. The Morgan fingerprint density at radius 3 is 2.83 bits per heavy atom. The molecule has 5 nitrogen and oxygen atoms in total. The van der Waals surface area contributed by atoms with E-state index >= 15 is 0 Å². The molecule has 0 fully saturated rings. The fourth-order valence-corrected chi connectivity index (χ4v) is 3.14. The fourth-order valence-electron chi connectivity index (χ4n) is 2.90. The van der Waals surface area contributed by atoms with Gasteiger partial charge in [0.15, 0.2) is 5.82 Å². The van der Waals surface area contributed by atoms with Gasteiger partial charge in [0, 0.05) is 62.0 Å². The summed E-state index contributed by atoms with van der Waals surface area (Å²) in [5, 5.41) is 0. The van der Waals surface area contributed by atoms with Gasteiger partial charge in [0.25, 0.3) is 0 Å². The average Bonchev–Trinajstić information content (AvgIpc) is 2.64. The fraction of sp³-hybridized carbons (Fsp3) is 0.222. The molecule has 0 amide bonds. The lowest BCUT2D eigenvalue weighted by molar-refractivity contribution is 0.242. The molecule has 0 aromatic carbocycles. The summed E-state index contributed by atoms with van der Waals surface area (Å²) in [5.41, 5.74) is 4.53. The van der Waals surface area contributed by atoms with Crippen LogP contribution in [0.15, 0.2) is 53.7 Å². The van der Waals surface area contributed by atoms with E-state index in [9.17, 15) is 0 Å². The summed E-state index contributed by atoms with van der Waals surface area (Å²) in [7, 11) is 0. The van der Waals surface area contributed by atoms with Crippen molar-refractivity contribution in [2.24, 2.45) is 0 Å². The Balaban J connectivity index is 1.50. The number of pyridine rings is 2. The molecule has 0 bridgehead atoms. The smallest absolute Gasteiger partial charge is 0.160 e. The summed E-state index contributed by atoms with van der Waals surface area (Å²) in [6, 6.07) is 7.99. The third-order valence-corrected chi connectivity index (χ3v) is 4.60. The first-order valence-electron chi connectivity index (χ1n) is 7.86. The lowest BCUT2D eigenvalue weighted by Gasteiger charge is -2.28. The van der Waals surface area contributed by atoms with Crippen LogP contribution in [0.25, 0.3) is 11.4 Å². The van der Waals surface area contributed by atoms with Crippen LogP contribution in [-0.2, 0) is 19.5 Å². The average molecular weight is 382 g/mol. The van der Waals surface area contributed by atoms with Crippen LogP contribution in [0, 0.1) is 0 Å². The normalized spacial score (nSPS) is 14.4. The summed E-state index contributed by atoms with van der Waals surface area (Å²) in [6.45, 7) is 2.76. The summed E-state index contributed by atoms with van der Waals surface area (Å²) in [6.07, 6.45) is 8.38. The Bertz CT molecular complexity index is 836. The maximum atomic E-state index is 4.74. The van der Waals surface area contributed by atoms with E-state index in [1.807, 2.05) is 30.6 Å². The van der Waals surface area contributed by atoms with E-state index in [-0.39, 0.29) is 0 Å². The zero-order valence-corrected chi connectivity index (χ0v) is 14.6. The van der Waals surface area contributed by atoms with E-state index in [0.717, 1.165) is 47.7 Å². The topological polar surface area (TPSA) is 54.8 Å². The molecule has 4 heterocycles. The van der Waals surface area contributed by atoms with Crippen LogP contribution in [-0.4, -0.2) is 31.4 Å². The predicted molar refractivity (Wildman–Crippen MR) is 95.0 cm³/mol. The zero-order valence-electron chi connectivity index (χ0n) is 13.1. The lowest BCUT2D eigenvalue weighted by Crippen LogP contribution is -2.31. The van der Waals surface area contributed by atoms with E-state index in [1.165, 1.54) is 11.1 Å². The highest BCUT2D eigenvalue weighted by atomic mass is 79.9. The molecule has 0 aliphatic carbocycles. The van der Waals surface area contributed by atoms with Gasteiger partial charge in [0.05, 0.1) is 5.69 Å². The Morgan fingerprint density at radius 2 is 2.04 bits per heavy atom. The second-order valence-electron chi connectivity index (χ2n) is 5.86. The molecular weight excluding hydrogens is 366 g/mol. The Hall–Kier alpha value is -2.18. The number of rotatable bonds is 3. The monoisotopic (exact) mass is 381 g/mol. The van der Waals surface area contributed by atoms with Gasteiger partial charge in [-0.15, -0.1) is 0 Å². The van der Waals surface area contributed by atoms with E-state index in [4.69, 9.17) is 4.98 Å². The molecular formula is C18H16BrN5. The summed E-state index contributed by atoms with van der Waals surface area (Å²) in [4.78, 5) is 20.1. The van der Waals surface area contributed by atoms with Crippen LogP contribution in [0.5, 0.6) is 0 Å².